The number of aromatic amines is 1. The quantitative estimate of drug-likeness (QED) is 0.567. The summed E-state index contributed by atoms with van der Waals surface area (Å²) in [5, 5.41) is 9.83. The van der Waals surface area contributed by atoms with Crippen LogP contribution in [0.4, 0.5) is 0 Å². The van der Waals surface area contributed by atoms with Crippen LogP contribution in [0.5, 0.6) is 5.88 Å². The Morgan fingerprint density at radius 2 is 2.23 bits per heavy atom. The van der Waals surface area contributed by atoms with Crippen molar-refractivity contribution in [2.75, 3.05) is 5.75 Å². The molecule has 0 aliphatic rings. The third kappa shape index (κ3) is 2.24. The third-order valence-electron chi connectivity index (χ3n) is 1.61. The van der Waals surface area contributed by atoms with E-state index in [1.807, 2.05) is 6.92 Å². The lowest BCUT2D eigenvalue weighted by Gasteiger charge is -2.01. The maximum absolute atomic E-state index is 11.3. The zero-order valence-corrected chi connectivity index (χ0v) is 8.44. The van der Waals surface area contributed by atoms with Gasteiger partial charge in [0, 0.05) is 0 Å². The van der Waals surface area contributed by atoms with Crippen LogP contribution in [0.15, 0.2) is 9.95 Å². The monoisotopic (exact) mass is 200 g/mol. The molecule has 0 aliphatic carbocycles. The van der Waals surface area contributed by atoms with Crippen molar-refractivity contribution in [2.45, 2.75) is 25.4 Å². The summed E-state index contributed by atoms with van der Waals surface area (Å²) < 4.78 is 0. The van der Waals surface area contributed by atoms with E-state index >= 15 is 0 Å². The summed E-state index contributed by atoms with van der Waals surface area (Å²) in [5.41, 5.74) is 0.103. The van der Waals surface area contributed by atoms with Gasteiger partial charge in [0.05, 0.1) is 5.56 Å². The molecule has 0 spiro atoms. The first kappa shape index (κ1) is 10.1. The van der Waals surface area contributed by atoms with E-state index in [1.54, 1.807) is 6.92 Å². The van der Waals surface area contributed by atoms with Gasteiger partial charge in [-0.15, -0.1) is 0 Å². The van der Waals surface area contributed by atoms with Crippen LogP contribution in [0, 0.1) is 0 Å². The first-order chi connectivity index (χ1) is 6.19. The summed E-state index contributed by atoms with van der Waals surface area (Å²) in [4.78, 5) is 17.8. The highest BCUT2D eigenvalue weighted by molar-refractivity contribution is 7.99. The number of rotatable bonds is 3. The minimum Gasteiger partial charge on any atom is -0.493 e. The van der Waals surface area contributed by atoms with Crippen molar-refractivity contribution in [1.82, 2.24) is 9.97 Å². The molecular weight excluding hydrogens is 188 g/mol. The second kappa shape index (κ2) is 4.32. The molecule has 4 nitrogen and oxygen atoms in total. The molecule has 0 aliphatic heterocycles. The van der Waals surface area contributed by atoms with Crippen molar-refractivity contribution < 1.29 is 5.11 Å². The molecule has 0 fully saturated rings. The smallest absolute Gasteiger partial charge is 0.258 e. The van der Waals surface area contributed by atoms with Gasteiger partial charge in [0.2, 0.25) is 5.88 Å². The lowest BCUT2D eigenvalue weighted by Crippen LogP contribution is -2.14. The Hall–Kier alpha value is -0.970. The average molecular weight is 200 g/mol. The van der Waals surface area contributed by atoms with Crippen molar-refractivity contribution in [3.8, 4) is 5.88 Å². The number of H-pyrrole nitrogens is 1. The van der Waals surface area contributed by atoms with Gasteiger partial charge in [-0.05, 0) is 12.2 Å². The molecule has 0 amide bonds. The highest BCUT2D eigenvalue weighted by Crippen LogP contribution is 2.15. The summed E-state index contributed by atoms with van der Waals surface area (Å²) in [6, 6.07) is 0. The Kier molecular flexibility index (Phi) is 3.36. The Morgan fingerprint density at radius 3 is 2.69 bits per heavy atom. The van der Waals surface area contributed by atoms with Gasteiger partial charge < -0.3 is 10.1 Å². The van der Waals surface area contributed by atoms with Gasteiger partial charge in [-0.1, -0.05) is 25.6 Å². The lowest BCUT2D eigenvalue weighted by molar-refractivity contribution is 0.436. The normalized spacial score (nSPS) is 10.3. The minimum atomic E-state index is -0.244. The fraction of sp³-hybridized carbons (Fsp3) is 0.500. The molecule has 0 saturated carbocycles. The van der Waals surface area contributed by atoms with E-state index in [1.165, 1.54) is 11.8 Å². The molecule has 0 atom stereocenters. The summed E-state index contributed by atoms with van der Waals surface area (Å²) in [5.74, 6) is 0.663. The van der Waals surface area contributed by atoms with Crippen LogP contribution in [-0.4, -0.2) is 20.8 Å². The van der Waals surface area contributed by atoms with E-state index in [-0.39, 0.29) is 11.4 Å². The van der Waals surface area contributed by atoms with Crippen LogP contribution in [-0.2, 0) is 6.42 Å². The zero-order chi connectivity index (χ0) is 9.84. The van der Waals surface area contributed by atoms with Gasteiger partial charge in [-0.25, -0.2) is 0 Å². The van der Waals surface area contributed by atoms with E-state index < -0.39 is 0 Å². The van der Waals surface area contributed by atoms with Crippen LogP contribution >= 0.6 is 11.8 Å². The molecule has 1 aromatic rings. The van der Waals surface area contributed by atoms with Gasteiger partial charge in [0.15, 0.2) is 5.16 Å². The van der Waals surface area contributed by atoms with Gasteiger partial charge in [-0.2, -0.15) is 4.98 Å². The van der Waals surface area contributed by atoms with Crippen LogP contribution in [0.1, 0.15) is 19.4 Å². The largest absolute Gasteiger partial charge is 0.493 e. The molecule has 2 N–H and O–H groups in total. The Balaban J connectivity index is 3.13. The first-order valence-electron chi connectivity index (χ1n) is 4.14. The number of aromatic nitrogens is 2. The summed E-state index contributed by atoms with van der Waals surface area (Å²) in [6.45, 7) is 3.76. The number of hydrogen-bond donors (Lipinski definition) is 2. The summed E-state index contributed by atoms with van der Waals surface area (Å²) in [7, 11) is 0. The third-order valence-corrected chi connectivity index (χ3v) is 2.36. The molecule has 1 heterocycles. The van der Waals surface area contributed by atoms with Gasteiger partial charge in [0.25, 0.3) is 5.56 Å². The average Bonchev–Trinajstić information content (AvgIpc) is 2.04. The number of nitrogens with zero attached hydrogens (tertiary/aromatic N) is 1. The lowest BCUT2D eigenvalue weighted by atomic mass is 10.2. The topological polar surface area (TPSA) is 66.0 Å². The van der Waals surface area contributed by atoms with E-state index in [2.05, 4.69) is 9.97 Å². The number of aromatic hydroxyl groups is 1. The fourth-order valence-corrected chi connectivity index (χ4v) is 1.58. The fourth-order valence-electron chi connectivity index (χ4n) is 0.989. The Bertz CT molecular complexity index is 348. The summed E-state index contributed by atoms with van der Waals surface area (Å²) in [6.07, 6.45) is 0.491. The Labute approximate surface area is 80.4 Å². The van der Waals surface area contributed by atoms with Crippen molar-refractivity contribution >= 4 is 11.8 Å². The Morgan fingerprint density at radius 1 is 1.54 bits per heavy atom. The van der Waals surface area contributed by atoms with E-state index in [9.17, 15) is 9.90 Å². The van der Waals surface area contributed by atoms with Crippen LogP contribution in [0.3, 0.4) is 0 Å². The highest BCUT2D eigenvalue weighted by atomic mass is 32.2. The molecule has 0 bridgehead atoms. The maximum Gasteiger partial charge on any atom is 0.258 e. The summed E-state index contributed by atoms with van der Waals surface area (Å²) >= 11 is 1.40. The van der Waals surface area contributed by atoms with Crippen molar-refractivity contribution in [2.24, 2.45) is 0 Å². The molecule has 0 aromatic carbocycles. The second-order valence-electron chi connectivity index (χ2n) is 2.46. The van der Waals surface area contributed by atoms with E-state index in [4.69, 9.17) is 0 Å². The van der Waals surface area contributed by atoms with Crippen molar-refractivity contribution in [3.05, 3.63) is 15.9 Å². The van der Waals surface area contributed by atoms with E-state index in [0.29, 0.717) is 17.1 Å². The van der Waals surface area contributed by atoms with Gasteiger partial charge in [0.1, 0.15) is 0 Å². The molecular formula is C8H12N2O2S. The molecule has 13 heavy (non-hydrogen) atoms. The van der Waals surface area contributed by atoms with E-state index in [0.717, 1.165) is 5.75 Å². The van der Waals surface area contributed by atoms with Gasteiger partial charge >= 0.3 is 0 Å². The molecule has 72 valence electrons. The van der Waals surface area contributed by atoms with Gasteiger partial charge in [-0.3, -0.25) is 4.79 Å². The predicted molar refractivity (Wildman–Crippen MR) is 52.3 cm³/mol. The number of hydrogen-bond acceptors (Lipinski definition) is 4. The van der Waals surface area contributed by atoms with Crippen molar-refractivity contribution in [1.29, 1.82) is 0 Å². The maximum atomic E-state index is 11.3. The van der Waals surface area contributed by atoms with Crippen molar-refractivity contribution in [3.63, 3.8) is 0 Å². The molecule has 0 saturated heterocycles. The molecule has 0 unspecified atom stereocenters. The van der Waals surface area contributed by atoms with Crippen LogP contribution in [0.2, 0.25) is 0 Å². The molecule has 0 radical (unpaired) electrons. The predicted octanol–water partition coefficient (Wildman–Crippen LogP) is 1.15. The highest BCUT2D eigenvalue weighted by Gasteiger charge is 2.07. The SMILES string of the molecule is CCSc1nc(O)c(CC)c(=O)[nH]1. The zero-order valence-electron chi connectivity index (χ0n) is 7.63. The standard InChI is InChI=1S/C8H12N2O2S/c1-3-5-6(11)9-8(13-4-2)10-7(5)12/h3-4H2,1-2H3,(H2,9,10,11,12). The molecule has 1 rings (SSSR count). The minimum absolute atomic E-state index is 0.151. The van der Waals surface area contributed by atoms with Crippen LogP contribution < -0.4 is 5.56 Å². The molecule has 5 heteroatoms. The second-order valence-corrected chi connectivity index (χ2v) is 3.71. The number of thioether (sulfide) groups is 1. The number of nitrogens with one attached hydrogen (secondary N) is 1. The molecule has 1 aromatic heterocycles. The first-order valence-corrected chi connectivity index (χ1v) is 5.12. The van der Waals surface area contributed by atoms with Crippen LogP contribution in [0.25, 0.3) is 0 Å².